The van der Waals surface area contributed by atoms with Crippen LogP contribution in [-0.2, 0) is 17.6 Å². The van der Waals surface area contributed by atoms with E-state index in [1.165, 1.54) is 11.9 Å². The van der Waals surface area contributed by atoms with Crippen molar-refractivity contribution in [1.29, 1.82) is 0 Å². The van der Waals surface area contributed by atoms with E-state index in [0.717, 1.165) is 68.4 Å². The van der Waals surface area contributed by atoms with Gasteiger partial charge in [0.2, 0.25) is 0 Å². The second-order valence-electron chi connectivity index (χ2n) is 10.6. The second-order valence-corrected chi connectivity index (χ2v) is 10.6. The molecular formula is C31H36F2N8O3. The van der Waals surface area contributed by atoms with Crippen molar-refractivity contribution in [3.63, 3.8) is 0 Å². The molecule has 0 aliphatic carbocycles. The zero-order chi connectivity index (χ0) is 30.7. The lowest BCUT2D eigenvalue weighted by Gasteiger charge is -2.25. The Morgan fingerprint density at radius 1 is 1.11 bits per heavy atom. The number of nitrogens with zero attached hydrogens (tertiary/aromatic N) is 6. The number of pyridine rings is 1. The minimum Gasteiger partial charge on any atom is -0.492 e. The van der Waals surface area contributed by atoms with Crippen molar-refractivity contribution < 1.29 is 23.4 Å². The normalized spacial score (nSPS) is 13.2. The average Bonchev–Trinajstić information content (AvgIpc) is 3.56. The third kappa shape index (κ3) is 8.93. The smallest absolute Gasteiger partial charge is 0.326 e. The average molecular weight is 607 g/mol. The van der Waals surface area contributed by atoms with Crippen LogP contribution in [0.4, 0.5) is 20.4 Å². The van der Waals surface area contributed by atoms with E-state index in [1.807, 2.05) is 0 Å². The van der Waals surface area contributed by atoms with Crippen molar-refractivity contribution in [1.82, 2.24) is 29.6 Å². The van der Waals surface area contributed by atoms with Gasteiger partial charge in [-0.25, -0.2) is 33.2 Å². The van der Waals surface area contributed by atoms with Gasteiger partial charge < -0.3 is 20.5 Å². The zero-order valence-electron chi connectivity index (χ0n) is 24.3. The van der Waals surface area contributed by atoms with Gasteiger partial charge in [0.25, 0.3) is 0 Å². The van der Waals surface area contributed by atoms with Crippen LogP contribution >= 0.6 is 0 Å². The number of unbranched alkanes of at least 4 members (excludes halogenated alkanes) is 1. The van der Waals surface area contributed by atoms with Gasteiger partial charge in [0, 0.05) is 62.0 Å². The van der Waals surface area contributed by atoms with Crippen LogP contribution in [0.3, 0.4) is 0 Å². The molecule has 4 aromatic rings. The molecule has 0 amide bonds. The third-order valence-electron chi connectivity index (χ3n) is 7.37. The fourth-order valence-corrected chi connectivity index (χ4v) is 5.09. The van der Waals surface area contributed by atoms with Crippen LogP contribution in [0.1, 0.15) is 36.9 Å². The summed E-state index contributed by atoms with van der Waals surface area (Å²) in [7, 11) is 0. The molecule has 3 N–H and O–H groups in total. The number of nitrogens with one attached hydrogen (secondary N) is 2. The monoisotopic (exact) mass is 606 g/mol. The molecular weight excluding hydrogens is 570 g/mol. The summed E-state index contributed by atoms with van der Waals surface area (Å²) in [5.74, 6) is -0.466. The minimum absolute atomic E-state index is 0.108. The summed E-state index contributed by atoms with van der Waals surface area (Å²) in [6.45, 7) is 2.71. The molecule has 44 heavy (non-hydrogen) atoms. The zero-order valence-corrected chi connectivity index (χ0v) is 24.3. The number of ether oxygens (including phenoxy) is 1. The first-order valence-corrected chi connectivity index (χ1v) is 14.8. The van der Waals surface area contributed by atoms with Crippen molar-refractivity contribution in [2.45, 2.75) is 44.6 Å². The molecule has 0 saturated carbocycles. The second kappa shape index (κ2) is 15.2. The highest BCUT2D eigenvalue weighted by Crippen LogP contribution is 2.21. The summed E-state index contributed by atoms with van der Waals surface area (Å²) in [6, 6.07) is 9.79. The molecule has 0 spiro atoms. The van der Waals surface area contributed by atoms with Gasteiger partial charge in [-0.3, -0.25) is 4.90 Å². The SMILES string of the molecule is O=C(O)C(CCN(CCCCc1ccc2c(n1)NCCC2)CCOc1cc(F)cc(F)c1)Nc1cc(-n2cccn2)ncn1. The number of aliphatic carboxylic acids is 1. The molecule has 1 aliphatic heterocycles. The Kier molecular flexibility index (Phi) is 10.6. The van der Waals surface area contributed by atoms with E-state index < -0.39 is 23.6 Å². The number of hydrogen-bond acceptors (Lipinski definition) is 9. The van der Waals surface area contributed by atoms with E-state index in [-0.39, 0.29) is 18.8 Å². The fraction of sp³-hybridized carbons (Fsp3) is 0.387. The number of carboxylic acid groups (broad SMARTS) is 1. The standard InChI is InChI=1S/C31H36F2N8O3/c32-23-17-24(33)19-26(18-23)44-16-15-40(12-2-1-6-25-8-7-22-5-3-10-34-30(22)38-25)14-9-27(31(42)43)39-28-20-29(36-21-35-28)41-13-4-11-37-41/h4,7-8,11,13,17-21,27H,1-3,5-6,9-10,12,14-16H2,(H,34,38)(H,42,43)(H,35,36,39). The summed E-state index contributed by atoms with van der Waals surface area (Å²) in [6.07, 6.45) is 9.73. The number of carboxylic acids is 1. The van der Waals surface area contributed by atoms with E-state index >= 15 is 0 Å². The molecule has 0 bridgehead atoms. The maximum absolute atomic E-state index is 13.6. The Hall–Kier alpha value is -4.65. The van der Waals surface area contributed by atoms with Crippen LogP contribution in [0.25, 0.3) is 5.82 Å². The Labute approximate surface area is 254 Å². The van der Waals surface area contributed by atoms with Crippen molar-refractivity contribution in [2.24, 2.45) is 0 Å². The Bertz CT molecular complexity index is 1500. The van der Waals surface area contributed by atoms with Gasteiger partial charge in [0.05, 0.1) is 0 Å². The lowest BCUT2D eigenvalue weighted by molar-refractivity contribution is -0.138. The fourth-order valence-electron chi connectivity index (χ4n) is 5.09. The number of halogens is 2. The minimum atomic E-state index is -1.01. The van der Waals surface area contributed by atoms with Gasteiger partial charge in [-0.05, 0) is 62.8 Å². The number of rotatable bonds is 16. The summed E-state index contributed by atoms with van der Waals surface area (Å²) < 4.78 is 34.4. The third-order valence-corrected chi connectivity index (χ3v) is 7.37. The molecule has 11 nitrogen and oxygen atoms in total. The van der Waals surface area contributed by atoms with Crippen LogP contribution in [0.15, 0.2) is 61.2 Å². The maximum Gasteiger partial charge on any atom is 0.326 e. The molecule has 232 valence electrons. The summed E-state index contributed by atoms with van der Waals surface area (Å²) in [5, 5.41) is 20.5. The topological polar surface area (TPSA) is 130 Å². The summed E-state index contributed by atoms with van der Waals surface area (Å²) >= 11 is 0. The maximum atomic E-state index is 13.6. The molecule has 13 heteroatoms. The molecule has 1 unspecified atom stereocenters. The van der Waals surface area contributed by atoms with E-state index in [1.54, 1.807) is 29.2 Å². The van der Waals surface area contributed by atoms with E-state index in [2.05, 4.69) is 42.7 Å². The largest absolute Gasteiger partial charge is 0.492 e. The summed E-state index contributed by atoms with van der Waals surface area (Å²) in [4.78, 5) is 27.4. The number of aromatic nitrogens is 5. The van der Waals surface area contributed by atoms with Gasteiger partial charge >= 0.3 is 5.97 Å². The van der Waals surface area contributed by atoms with Crippen molar-refractivity contribution >= 4 is 17.6 Å². The molecule has 0 saturated heterocycles. The van der Waals surface area contributed by atoms with Gasteiger partial charge in [-0.15, -0.1) is 0 Å². The number of hydrogen-bond donors (Lipinski definition) is 3. The highest BCUT2D eigenvalue weighted by molar-refractivity contribution is 5.76. The van der Waals surface area contributed by atoms with E-state index in [0.29, 0.717) is 31.3 Å². The van der Waals surface area contributed by atoms with Crippen LogP contribution in [0.5, 0.6) is 5.75 Å². The van der Waals surface area contributed by atoms with Gasteiger partial charge in [0.1, 0.15) is 48.0 Å². The first kappa shape index (κ1) is 30.8. The molecule has 1 atom stereocenters. The van der Waals surface area contributed by atoms with Gasteiger partial charge in [-0.2, -0.15) is 5.10 Å². The van der Waals surface area contributed by atoms with Crippen LogP contribution < -0.4 is 15.4 Å². The number of anilines is 2. The number of carbonyl (C=O) groups is 1. The van der Waals surface area contributed by atoms with E-state index in [9.17, 15) is 18.7 Å². The highest BCUT2D eigenvalue weighted by Gasteiger charge is 2.20. The Morgan fingerprint density at radius 2 is 1.98 bits per heavy atom. The lowest BCUT2D eigenvalue weighted by Crippen LogP contribution is -2.37. The van der Waals surface area contributed by atoms with Crippen LogP contribution in [0, 0.1) is 11.6 Å². The van der Waals surface area contributed by atoms with E-state index in [4.69, 9.17) is 9.72 Å². The first-order chi connectivity index (χ1) is 21.4. The highest BCUT2D eigenvalue weighted by atomic mass is 19.1. The molecule has 0 fully saturated rings. The van der Waals surface area contributed by atoms with Crippen LogP contribution in [-0.4, -0.2) is 79.5 Å². The lowest BCUT2D eigenvalue weighted by atomic mass is 10.1. The molecule has 0 radical (unpaired) electrons. The Balaban J connectivity index is 1.17. The predicted octanol–water partition coefficient (Wildman–Crippen LogP) is 4.35. The molecule has 1 aliphatic rings. The van der Waals surface area contributed by atoms with Crippen molar-refractivity contribution in [3.8, 4) is 11.6 Å². The molecule has 5 rings (SSSR count). The molecule has 4 heterocycles. The Morgan fingerprint density at radius 3 is 2.77 bits per heavy atom. The quantitative estimate of drug-likeness (QED) is 0.158. The number of aryl methyl sites for hydroxylation is 2. The van der Waals surface area contributed by atoms with Gasteiger partial charge in [0.15, 0.2) is 5.82 Å². The molecule has 1 aromatic carbocycles. The molecule has 3 aromatic heterocycles. The predicted molar refractivity (Wildman–Crippen MR) is 161 cm³/mol. The van der Waals surface area contributed by atoms with Crippen molar-refractivity contribution in [3.05, 3.63) is 84.1 Å². The first-order valence-electron chi connectivity index (χ1n) is 14.8. The number of benzene rings is 1. The number of fused-ring (bicyclic) bond motifs is 1. The summed E-state index contributed by atoms with van der Waals surface area (Å²) in [5.41, 5.74) is 2.29. The van der Waals surface area contributed by atoms with Crippen LogP contribution in [0.2, 0.25) is 0 Å². The van der Waals surface area contributed by atoms with Gasteiger partial charge in [-0.1, -0.05) is 6.07 Å². The van der Waals surface area contributed by atoms with Crippen molar-refractivity contribution in [2.75, 3.05) is 43.4 Å².